The third-order valence-corrected chi connectivity index (χ3v) is 6.41. The molecule has 8 heteroatoms. The first-order valence-electron chi connectivity index (χ1n) is 8.60. The molecule has 27 heavy (non-hydrogen) atoms. The monoisotopic (exact) mass is 407 g/mol. The molecule has 1 heterocycles. The number of rotatable bonds is 6. The van der Waals surface area contributed by atoms with E-state index in [0.717, 1.165) is 25.9 Å². The van der Waals surface area contributed by atoms with Crippen molar-refractivity contribution in [2.24, 2.45) is 0 Å². The minimum Gasteiger partial charge on any atom is -0.295 e. The largest absolute Gasteiger partial charge is 0.295 e. The van der Waals surface area contributed by atoms with Gasteiger partial charge in [-0.2, -0.15) is 5.26 Å². The molecule has 0 amide bonds. The predicted octanol–water partition coefficient (Wildman–Crippen LogP) is 3.47. The Morgan fingerprint density at radius 1 is 1.22 bits per heavy atom. The topological polar surface area (TPSA) is 73.2 Å². The van der Waals surface area contributed by atoms with Gasteiger partial charge < -0.3 is 0 Å². The number of benzene rings is 2. The molecule has 3 rings (SSSR count). The molecule has 0 radical (unpaired) electrons. The highest BCUT2D eigenvalue weighted by molar-refractivity contribution is 7.89. The normalized spacial score (nSPS) is 16.2. The van der Waals surface area contributed by atoms with Crippen LogP contribution in [0, 0.1) is 17.1 Å². The summed E-state index contributed by atoms with van der Waals surface area (Å²) in [7, 11) is -3.84. The Balaban J connectivity index is 1.88. The summed E-state index contributed by atoms with van der Waals surface area (Å²) in [5.41, 5.74) is 0.556. The van der Waals surface area contributed by atoms with Gasteiger partial charge in [0.25, 0.3) is 0 Å². The lowest BCUT2D eigenvalue weighted by atomic mass is 10.0. The van der Waals surface area contributed by atoms with E-state index in [1.807, 2.05) is 11.0 Å². The maximum atomic E-state index is 14.5. The molecule has 5 nitrogen and oxygen atoms in total. The van der Waals surface area contributed by atoms with Crippen LogP contribution in [0.3, 0.4) is 0 Å². The van der Waals surface area contributed by atoms with Crippen molar-refractivity contribution in [3.8, 4) is 6.07 Å². The van der Waals surface area contributed by atoms with Crippen molar-refractivity contribution in [2.45, 2.75) is 23.8 Å². The van der Waals surface area contributed by atoms with E-state index in [0.29, 0.717) is 5.56 Å². The highest BCUT2D eigenvalue weighted by Crippen LogP contribution is 2.32. The van der Waals surface area contributed by atoms with Gasteiger partial charge in [-0.1, -0.05) is 23.7 Å². The van der Waals surface area contributed by atoms with Gasteiger partial charge in [-0.05, 0) is 56.3 Å². The fraction of sp³-hybridized carbons (Fsp3) is 0.316. The zero-order chi connectivity index (χ0) is 19.4. The quantitative estimate of drug-likeness (QED) is 0.795. The van der Waals surface area contributed by atoms with Gasteiger partial charge in [-0.3, -0.25) is 4.90 Å². The molecule has 1 aliphatic heterocycles. The number of nitrogens with zero attached hydrogens (tertiary/aromatic N) is 2. The molecular formula is C19H19ClFN3O2S. The predicted molar refractivity (Wildman–Crippen MR) is 101 cm³/mol. The highest BCUT2D eigenvalue weighted by atomic mass is 35.5. The average Bonchev–Trinajstić information content (AvgIpc) is 3.18. The minimum atomic E-state index is -3.84. The summed E-state index contributed by atoms with van der Waals surface area (Å²) in [6, 6.07) is 11.7. The third kappa shape index (κ3) is 4.47. The summed E-state index contributed by atoms with van der Waals surface area (Å²) < 4.78 is 42.3. The maximum absolute atomic E-state index is 14.5. The Bertz CT molecular complexity index is 949. The lowest BCUT2D eigenvalue weighted by molar-refractivity contribution is 0.241. The smallest absolute Gasteiger partial charge is 0.240 e. The Hall–Kier alpha value is -1.98. The van der Waals surface area contributed by atoms with Crippen molar-refractivity contribution in [3.63, 3.8) is 0 Å². The fourth-order valence-corrected chi connectivity index (χ4v) is 4.67. The Morgan fingerprint density at radius 2 is 1.93 bits per heavy atom. The molecule has 1 N–H and O–H groups in total. The zero-order valence-electron chi connectivity index (χ0n) is 14.5. The number of sulfonamides is 1. The van der Waals surface area contributed by atoms with Crippen molar-refractivity contribution >= 4 is 21.6 Å². The molecule has 1 aliphatic rings. The van der Waals surface area contributed by atoms with Crippen molar-refractivity contribution in [2.75, 3.05) is 19.6 Å². The Kier molecular flexibility index (Phi) is 6.12. The van der Waals surface area contributed by atoms with E-state index in [1.54, 1.807) is 6.07 Å². The van der Waals surface area contributed by atoms with E-state index in [4.69, 9.17) is 16.9 Å². The molecule has 0 aromatic heterocycles. The fourth-order valence-electron chi connectivity index (χ4n) is 3.30. The van der Waals surface area contributed by atoms with Crippen LogP contribution in [0.1, 0.15) is 30.0 Å². The van der Waals surface area contributed by atoms with Crippen LogP contribution in [0.15, 0.2) is 47.4 Å². The molecular weight excluding hydrogens is 389 g/mol. The molecule has 0 spiro atoms. The van der Waals surface area contributed by atoms with E-state index in [9.17, 15) is 12.8 Å². The SMILES string of the molecule is N#Cc1cccc(S(=O)(=O)NCC(c2c(F)cccc2Cl)N2CCCC2)c1. The van der Waals surface area contributed by atoms with Crippen LogP contribution in [0.25, 0.3) is 0 Å². The van der Waals surface area contributed by atoms with Crippen molar-refractivity contribution in [1.82, 2.24) is 9.62 Å². The second-order valence-corrected chi connectivity index (χ2v) is 8.56. The van der Waals surface area contributed by atoms with Crippen molar-refractivity contribution in [3.05, 3.63) is 64.4 Å². The van der Waals surface area contributed by atoms with Crippen molar-refractivity contribution in [1.29, 1.82) is 5.26 Å². The first kappa shape index (κ1) is 19.8. The highest BCUT2D eigenvalue weighted by Gasteiger charge is 2.29. The summed E-state index contributed by atoms with van der Waals surface area (Å²) in [5.74, 6) is -0.454. The molecule has 2 aromatic carbocycles. The van der Waals surface area contributed by atoms with Crippen LogP contribution in [0.2, 0.25) is 5.02 Å². The van der Waals surface area contributed by atoms with Gasteiger partial charge in [0.2, 0.25) is 10.0 Å². The van der Waals surface area contributed by atoms with Gasteiger partial charge in [-0.25, -0.2) is 17.5 Å². The van der Waals surface area contributed by atoms with E-state index in [-0.39, 0.29) is 22.0 Å². The number of likely N-dealkylation sites (tertiary alicyclic amines) is 1. The molecule has 0 aliphatic carbocycles. The molecule has 1 saturated heterocycles. The van der Waals surface area contributed by atoms with Gasteiger partial charge in [0.15, 0.2) is 0 Å². The number of hydrogen-bond acceptors (Lipinski definition) is 4. The second kappa shape index (κ2) is 8.36. The van der Waals surface area contributed by atoms with Gasteiger partial charge in [0.1, 0.15) is 5.82 Å². The van der Waals surface area contributed by atoms with Crippen molar-refractivity contribution < 1.29 is 12.8 Å². The Morgan fingerprint density at radius 3 is 2.59 bits per heavy atom. The first-order valence-corrected chi connectivity index (χ1v) is 10.5. The van der Waals surface area contributed by atoms with Gasteiger partial charge in [0.05, 0.1) is 22.6 Å². The zero-order valence-corrected chi connectivity index (χ0v) is 16.1. The minimum absolute atomic E-state index is 0.00125. The van der Waals surface area contributed by atoms with E-state index in [1.165, 1.54) is 36.4 Å². The standard InChI is InChI=1S/C19H19ClFN3O2S/c20-16-7-4-8-17(21)19(16)18(24-9-1-2-10-24)13-23-27(25,26)15-6-3-5-14(11-15)12-22/h3-8,11,18,23H,1-2,9-10,13H2. The van der Waals surface area contributed by atoms with Gasteiger partial charge in [-0.15, -0.1) is 0 Å². The number of nitrogens with one attached hydrogen (secondary N) is 1. The summed E-state index contributed by atoms with van der Waals surface area (Å²) in [5, 5.41) is 9.25. The lowest BCUT2D eigenvalue weighted by Gasteiger charge is -2.29. The Labute approximate surface area is 163 Å². The molecule has 0 saturated carbocycles. The summed E-state index contributed by atoms with van der Waals surface area (Å²) in [4.78, 5) is 2.04. The van der Waals surface area contributed by atoms with E-state index in [2.05, 4.69) is 4.72 Å². The lowest BCUT2D eigenvalue weighted by Crippen LogP contribution is -2.37. The molecule has 1 atom stereocenters. The molecule has 1 fully saturated rings. The van der Waals surface area contributed by atoms with Crippen LogP contribution in [-0.4, -0.2) is 33.0 Å². The molecule has 1 unspecified atom stereocenters. The molecule has 0 bridgehead atoms. The summed E-state index contributed by atoms with van der Waals surface area (Å²) in [6.07, 6.45) is 1.94. The molecule has 2 aromatic rings. The third-order valence-electron chi connectivity index (χ3n) is 4.65. The average molecular weight is 408 g/mol. The summed E-state index contributed by atoms with van der Waals surface area (Å²) >= 11 is 6.23. The van der Waals surface area contributed by atoms with Gasteiger partial charge >= 0.3 is 0 Å². The second-order valence-electron chi connectivity index (χ2n) is 6.39. The van der Waals surface area contributed by atoms with Crippen LogP contribution in [0.4, 0.5) is 4.39 Å². The van der Waals surface area contributed by atoms with Crippen LogP contribution >= 0.6 is 11.6 Å². The van der Waals surface area contributed by atoms with Gasteiger partial charge in [0, 0.05) is 17.1 Å². The summed E-state index contributed by atoms with van der Waals surface area (Å²) in [6.45, 7) is 1.49. The number of hydrogen-bond donors (Lipinski definition) is 1. The van der Waals surface area contributed by atoms with E-state index >= 15 is 0 Å². The van der Waals surface area contributed by atoms with Crippen LogP contribution in [0.5, 0.6) is 0 Å². The maximum Gasteiger partial charge on any atom is 0.240 e. The molecule has 142 valence electrons. The number of nitriles is 1. The van der Waals surface area contributed by atoms with E-state index < -0.39 is 21.9 Å². The van der Waals surface area contributed by atoms with Crippen LogP contribution < -0.4 is 4.72 Å². The number of halogens is 2. The van der Waals surface area contributed by atoms with Crippen LogP contribution in [-0.2, 0) is 10.0 Å². The first-order chi connectivity index (χ1) is 12.9.